The zero-order valence-corrected chi connectivity index (χ0v) is 3.08. The van der Waals surface area contributed by atoms with E-state index in [4.69, 9.17) is 0 Å². The quantitative estimate of drug-likeness (QED) is 0.468. The molecular weight excluding hydrogens is 67.0 g/mol. The predicted molar refractivity (Wildman–Crippen MR) is 20.0 cm³/mol. The molecule has 0 atom stereocenters. The van der Waals surface area contributed by atoms with Gasteiger partial charge in [-0.2, -0.15) is 0 Å². The Morgan fingerprint density at radius 3 is 2.40 bits per heavy atom. The van der Waals surface area contributed by atoms with Gasteiger partial charge in [-0.25, -0.2) is 4.39 Å². The van der Waals surface area contributed by atoms with Crippen molar-refractivity contribution in [2.24, 2.45) is 0 Å². The summed E-state index contributed by atoms with van der Waals surface area (Å²) in [7, 11) is 0. The highest BCUT2D eigenvalue weighted by Crippen LogP contribution is 1.89. The molecule has 0 unspecified atom stereocenters. The van der Waals surface area contributed by atoms with Crippen LogP contribution in [0.3, 0.4) is 0 Å². The van der Waals surface area contributed by atoms with Crippen molar-refractivity contribution in [2.45, 2.75) is 12.8 Å². The summed E-state index contributed by atoms with van der Waals surface area (Å²) < 4.78 is 10.8. The van der Waals surface area contributed by atoms with E-state index in [1.54, 1.807) is 0 Å². The number of hydrogen-bond acceptors (Lipinski definition) is 0. The summed E-state index contributed by atoms with van der Waals surface area (Å²) in [6.45, 7) is 4.02. The van der Waals surface area contributed by atoms with Crippen LogP contribution < -0.4 is 0 Å². The largest absolute Gasteiger partial charge is 0.244 e. The zero-order valence-electron chi connectivity index (χ0n) is 3.08. The molecule has 0 saturated heterocycles. The molecule has 2 radical (unpaired) electrons. The van der Waals surface area contributed by atoms with Crippen LogP contribution in [-0.4, -0.2) is 0 Å². The van der Waals surface area contributed by atoms with E-state index >= 15 is 0 Å². The topological polar surface area (TPSA) is 0 Å². The first-order chi connectivity index (χ1) is 2.41. The van der Waals surface area contributed by atoms with E-state index in [0.29, 0.717) is 19.5 Å². The normalized spacial score (nSPS) is 8.40. The van der Waals surface area contributed by atoms with Gasteiger partial charge in [0, 0.05) is 0 Å². The fraction of sp³-hybridized carbons (Fsp3) is 0.500. The molecule has 5 heavy (non-hydrogen) atoms. The molecule has 0 N–H and O–H groups in total. The van der Waals surface area contributed by atoms with Crippen molar-refractivity contribution in [2.75, 3.05) is 0 Å². The zero-order chi connectivity index (χ0) is 4.12. The standard InChI is InChI=1S/C4H7F/c1-2-3-4-5/h4H,1-3H2. The third kappa shape index (κ3) is 3.93. The van der Waals surface area contributed by atoms with Gasteiger partial charge in [0.1, 0.15) is 6.67 Å². The van der Waals surface area contributed by atoms with Crippen molar-refractivity contribution in [3.05, 3.63) is 13.6 Å². The van der Waals surface area contributed by atoms with E-state index in [1.807, 2.05) is 0 Å². The van der Waals surface area contributed by atoms with Crippen LogP contribution in [0.5, 0.6) is 0 Å². The maximum Gasteiger partial charge on any atom is 0.131 e. The maximum absolute atomic E-state index is 10.8. The Kier molecular flexibility index (Phi) is 3.87. The van der Waals surface area contributed by atoms with Gasteiger partial charge in [-0.15, -0.1) is 0 Å². The molecule has 0 aliphatic carbocycles. The van der Waals surface area contributed by atoms with Crippen molar-refractivity contribution >= 4 is 0 Å². The van der Waals surface area contributed by atoms with Gasteiger partial charge in [-0.3, -0.25) is 0 Å². The predicted octanol–water partition coefficient (Wildman–Crippen LogP) is 1.73. The summed E-state index contributed by atoms with van der Waals surface area (Å²) in [5.74, 6) is 0. The third-order valence-corrected chi connectivity index (χ3v) is 0.313. The van der Waals surface area contributed by atoms with Gasteiger partial charge in [-0.1, -0.05) is 13.3 Å². The Labute approximate surface area is 32.0 Å². The Balaban J connectivity index is 2.19. The van der Waals surface area contributed by atoms with E-state index in [9.17, 15) is 4.39 Å². The molecule has 0 aromatic rings. The number of rotatable bonds is 2. The minimum absolute atomic E-state index is 0.486. The minimum Gasteiger partial charge on any atom is -0.244 e. The average molecular weight is 74.1 g/mol. The van der Waals surface area contributed by atoms with Crippen LogP contribution in [0.15, 0.2) is 0 Å². The SMILES string of the molecule is [CH2]CC[CH]F. The highest BCUT2D eigenvalue weighted by Gasteiger charge is 1.73. The highest BCUT2D eigenvalue weighted by atomic mass is 19.1. The summed E-state index contributed by atoms with van der Waals surface area (Å²) in [6.07, 6.45) is 1.15. The molecule has 0 heterocycles. The molecular formula is C4H7F. The van der Waals surface area contributed by atoms with Crippen molar-refractivity contribution in [1.82, 2.24) is 0 Å². The third-order valence-electron chi connectivity index (χ3n) is 0.313. The molecule has 0 nitrogen and oxygen atoms in total. The first-order valence-corrected chi connectivity index (χ1v) is 1.63. The molecule has 0 spiro atoms. The monoisotopic (exact) mass is 74.1 g/mol. The molecule has 0 aliphatic heterocycles. The van der Waals surface area contributed by atoms with Crippen LogP contribution in [0.1, 0.15) is 12.8 Å². The second-order valence-corrected chi connectivity index (χ2v) is 0.797. The first-order valence-electron chi connectivity index (χ1n) is 1.63. The number of unbranched alkanes of at least 4 members (excludes halogenated alkanes) is 1. The van der Waals surface area contributed by atoms with Gasteiger partial charge < -0.3 is 0 Å². The van der Waals surface area contributed by atoms with Crippen LogP contribution in [0, 0.1) is 13.6 Å². The fourth-order valence-corrected chi connectivity index (χ4v) is 0.0772. The van der Waals surface area contributed by atoms with E-state index in [1.165, 1.54) is 0 Å². The molecule has 0 bridgehead atoms. The van der Waals surface area contributed by atoms with Crippen LogP contribution in [0.25, 0.3) is 0 Å². The average Bonchev–Trinajstić information content (AvgIpc) is 1.41. The second kappa shape index (κ2) is 3.93. The van der Waals surface area contributed by atoms with Crippen LogP contribution >= 0.6 is 0 Å². The van der Waals surface area contributed by atoms with Gasteiger partial charge in [0.25, 0.3) is 0 Å². The summed E-state index contributed by atoms with van der Waals surface area (Å²) in [5.41, 5.74) is 0. The van der Waals surface area contributed by atoms with E-state index in [2.05, 4.69) is 6.92 Å². The van der Waals surface area contributed by atoms with Crippen LogP contribution in [0.2, 0.25) is 0 Å². The summed E-state index contributed by atoms with van der Waals surface area (Å²) in [4.78, 5) is 0. The molecule has 0 saturated carbocycles. The van der Waals surface area contributed by atoms with E-state index < -0.39 is 0 Å². The first kappa shape index (κ1) is 4.93. The highest BCUT2D eigenvalue weighted by molar-refractivity contribution is 4.47. The molecule has 0 fully saturated rings. The van der Waals surface area contributed by atoms with Crippen LogP contribution in [-0.2, 0) is 0 Å². The van der Waals surface area contributed by atoms with Gasteiger partial charge in [0.2, 0.25) is 0 Å². The summed E-state index contributed by atoms with van der Waals surface area (Å²) >= 11 is 0. The fourth-order valence-electron chi connectivity index (χ4n) is 0.0772. The van der Waals surface area contributed by atoms with Gasteiger partial charge in [0.15, 0.2) is 0 Å². The van der Waals surface area contributed by atoms with Gasteiger partial charge in [0.05, 0.1) is 0 Å². The Hall–Kier alpha value is -0.0700. The van der Waals surface area contributed by atoms with Crippen molar-refractivity contribution in [3.63, 3.8) is 0 Å². The molecule has 0 rings (SSSR count). The lowest BCUT2D eigenvalue weighted by atomic mass is 10.4. The number of hydrogen-bond donors (Lipinski definition) is 0. The molecule has 0 aromatic carbocycles. The van der Waals surface area contributed by atoms with Crippen molar-refractivity contribution in [3.8, 4) is 0 Å². The molecule has 0 aromatic heterocycles. The Morgan fingerprint density at radius 2 is 2.40 bits per heavy atom. The Morgan fingerprint density at radius 1 is 1.80 bits per heavy atom. The Bertz CT molecular complexity index is 11.1. The smallest absolute Gasteiger partial charge is 0.131 e. The lowest BCUT2D eigenvalue weighted by molar-refractivity contribution is 0.578. The molecule has 0 amide bonds. The maximum atomic E-state index is 10.8. The minimum atomic E-state index is 0.486. The van der Waals surface area contributed by atoms with Gasteiger partial charge >= 0.3 is 0 Å². The number of halogens is 1. The molecule has 30 valence electrons. The lowest BCUT2D eigenvalue weighted by Gasteiger charge is -1.75. The lowest BCUT2D eigenvalue weighted by Crippen LogP contribution is -1.59. The van der Waals surface area contributed by atoms with E-state index in [-0.39, 0.29) is 0 Å². The van der Waals surface area contributed by atoms with Gasteiger partial charge in [-0.05, 0) is 6.42 Å². The molecule has 1 heteroatoms. The molecule has 0 aliphatic rings. The second-order valence-electron chi connectivity index (χ2n) is 0.797. The summed E-state index contributed by atoms with van der Waals surface area (Å²) in [6, 6.07) is 0. The van der Waals surface area contributed by atoms with Crippen molar-refractivity contribution < 1.29 is 4.39 Å². The van der Waals surface area contributed by atoms with E-state index in [0.717, 1.165) is 0 Å². The van der Waals surface area contributed by atoms with Crippen molar-refractivity contribution in [1.29, 1.82) is 0 Å². The van der Waals surface area contributed by atoms with Crippen LogP contribution in [0.4, 0.5) is 4.39 Å². The summed E-state index contributed by atoms with van der Waals surface area (Å²) in [5, 5.41) is 0.